The number of carboxylic acids is 1. The van der Waals surface area contributed by atoms with E-state index in [-0.39, 0.29) is 31.0 Å². The highest BCUT2D eigenvalue weighted by Crippen LogP contribution is 2.21. The van der Waals surface area contributed by atoms with Gasteiger partial charge < -0.3 is 15.2 Å². The summed E-state index contributed by atoms with van der Waals surface area (Å²) in [6.07, 6.45) is 0.0892. The molecule has 1 unspecified atom stereocenters. The average molecular weight is 345 g/mol. The van der Waals surface area contributed by atoms with E-state index in [0.29, 0.717) is 16.9 Å². The number of hydrogen-bond acceptors (Lipinski definition) is 3. The van der Waals surface area contributed by atoms with Crippen LogP contribution >= 0.6 is 0 Å². The lowest BCUT2D eigenvalue weighted by Crippen LogP contribution is -2.30. The molecule has 2 rings (SSSR count). The Morgan fingerprint density at radius 3 is 2.44 bits per heavy atom. The van der Waals surface area contributed by atoms with Crippen LogP contribution in [0.15, 0.2) is 48.5 Å². The molecule has 0 saturated heterocycles. The van der Waals surface area contributed by atoms with Crippen LogP contribution in [0.4, 0.5) is 4.39 Å². The Hall–Kier alpha value is -2.89. The van der Waals surface area contributed by atoms with E-state index in [0.717, 1.165) is 0 Å². The molecule has 132 valence electrons. The van der Waals surface area contributed by atoms with Crippen molar-refractivity contribution < 1.29 is 23.8 Å². The summed E-state index contributed by atoms with van der Waals surface area (Å²) in [4.78, 5) is 23.3. The summed E-state index contributed by atoms with van der Waals surface area (Å²) in [6.45, 7) is 0. The first kappa shape index (κ1) is 18.4. The van der Waals surface area contributed by atoms with E-state index in [9.17, 15) is 14.0 Å². The van der Waals surface area contributed by atoms with Crippen molar-refractivity contribution >= 4 is 11.9 Å². The maximum absolute atomic E-state index is 13.6. The highest BCUT2D eigenvalue weighted by Gasteiger charge is 2.18. The van der Waals surface area contributed by atoms with Crippen molar-refractivity contribution in [1.29, 1.82) is 0 Å². The number of ether oxygens (including phenoxy) is 1. The molecule has 1 atom stereocenters. The van der Waals surface area contributed by atoms with Crippen molar-refractivity contribution in [2.45, 2.75) is 25.3 Å². The summed E-state index contributed by atoms with van der Waals surface area (Å²) in [6, 6.07) is 12.4. The van der Waals surface area contributed by atoms with Gasteiger partial charge in [-0.1, -0.05) is 30.3 Å². The Labute approximate surface area is 145 Å². The smallest absolute Gasteiger partial charge is 0.305 e. The van der Waals surface area contributed by atoms with Crippen LogP contribution in [0.3, 0.4) is 0 Å². The zero-order chi connectivity index (χ0) is 18.2. The number of aryl methyl sites for hydroxylation is 1. The highest BCUT2D eigenvalue weighted by atomic mass is 19.1. The summed E-state index contributed by atoms with van der Waals surface area (Å²) in [5, 5.41) is 11.8. The first-order valence-electron chi connectivity index (χ1n) is 7.88. The molecule has 1 amide bonds. The third kappa shape index (κ3) is 5.60. The first-order valence-corrected chi connectivity index (χ1v) is 7.88. The number of aliphatic carboxylic acids is 1. The Morgan fingerprint density at radius 1 is 1.16 bits per heavy atom. The number of carbonyl (C=O) groups is 2. The maximum Gasteiger partial charge on any atom is 0.305 e. The lowest BCUT2D eigenvalue weighted by atomic mass is 10.0. The molecule has 0 fully saturated rings. The van der Waals surface area contributed by atoms with Crippen molar-refractivity contribution in [1.82, 2.24) is 5.32 Å². The molecule has 5 nitrogen and oxygen atoms in total. The molecular weight excluding hydrogens is 325 g/mol. The Kier molecular flexibility index (Phi) is 6.51. The van der Waals surface area contributed by atoms with Crippen molar-refractivity contribution in [2.24, 2.45) is 0 Å². The molecule has 0 aliphatic carbocycles. The Bertz CT molecular complexity index is 730. The normalized spacial score (nSPS) is 11.6. The van der Waals surface area contributed by atoms with Crippen LogP contribution in [-0.2, 0) is 16.0 Å². The number of benzene rings is 2. The number of methoxy groups -OCH3 is 1. The largest absolute Gasteiger partial charge is 0.497 e. The molecule has 6 heteroatoms. The molecule has 2 aromatic rings. The minimum absolute atomic E-state index is 0.0766. The third-order valence-corrected chi connectivity index (χ3v) is 3.81. The molecule has 0 aliphatic rings. The molecule has 2 N–H and O–H groups in total. The Balaban J connectivity index is 2.01. The number of hydrogen-bond donors (Lipinski definition) is 2. The van der Waals surface area contributed by atoms with Gasteiger partial charge in [-0.25, -0.2) is 4.39 Å². The predicted octanol–water partition coefficient (Wildman–Crippen LogP) is 3.10. The molecule has 0 spiro atoms. The van der Waals surface area contributed by atoms with Gasteiger partial charge in [-0.2, -0.15) is 0 Å². The molecule has 0 aliphatic heterocycles. The van der Waals surface area contributed by atoms with E-state index >= 15 is 0 Å². The number of rotatable bonds is 8. The molecule has 25 heavy (non-hydrogen) atoms. The lowest BCUT2D eigenvalue weighted by Gasteiger charge is -2.18. The molecule has 0 heterocycles. The maximum atomic E-state index is 13.6. The van der Waals surface area contributed by atoms with Crippen LogP contribution in [0.5, 0.6) is 5.75 Å². The standard InChI is InChI=1S/C19H20FNO4/c1-25-15-9-6-14(7-10-15)17(12-19(23)24)21-18(22)11-8-13-4-2-3-5-16(13)20/h2-7,9-10,17H,8,11-12H2,1H3,(H,21,22)(H,23,24). The minimum Gasteiger partial charge on any atom is -0.497 e. The number of halogens is 1. The van der Waals surface area contributed by atoms with Gasteiger partial charge in [0.05, 0.1) is 19.6 Å². The predicted molar refractivity (Wildman–Crippen MR) is 90.9 cm³/mol. The van der Waals surface area contributed by atoms with Crippen LogP contribution in [0.1, 0.15) is 30.0 Å². The van der Waals surface area contributed by atoms with Crippen molar-refractivity contribution in [3.05, 3.63) is 65.5 Å². The number of carboxylic acid groups (broad SMARTS) is 1. The molecule has 0 bridgehead atoms. The van der Waals surface area contributed by atoms with Gasteiger partial charge in [0.2, 0.25) is 5.91 Å². The van der Waals surface area contributed by atoms with E-state index in [1.165, 1.54) is 13.2 Å². The number of carbonyl (C=O) groups excluding carboxylic acids is 1. The van der Waals surface area contributed by atoms with Gasteiger partial charge in [-0.05, 0) is 35.7 Å². The van der Waals surface area contributed by atoms with Crippen LogP contribution < -0.4 is 10.1 Å². The van der Waals surface area contributed by atoms with Crippen molar-refractivity contribution in [3.63, 3.8) is 0 Å². The molecule has 0 radical (unpaired) electrons. The zero-order valence-electron chi connectivity index (χ0n) is 13.9. The second-order valence-corrected chi connectivity index (χ2v) is 5.58. The zero-order valence-corrected chi connectivity index (χ0v) is 13.9. The fraction of sp³-hybridized carbons (Fsp3) is 0.263. The van der Waals surface area contributed by atoms with E-state index < -0.39 is 12.0 Å². The van der Waals surface area contributed by atoms with Crippen molar-refractivity contribution in [3.8, 4) is 5.75 Å². The molecule has 0 saturated carbocycles. The van der Waals surface area contributed by atoms with Gasteiger partial charge in [-0.15, -0.1) is 0 Å². The molecule has 0 aromatic heterocycles. The second-order valence-electron chi connectivity index (χ2n) is 5.58. The van der Waals surface area contributed by atoms with Crippen molar-refractivity contribution in [2.75, 3.05) is 7.11 Å². The summed E-state index contributed by atoms with van der Waals surface area (Å²) in [7, 11) is 1.54. The Morgan fingerprint density at radius 2 is 1.84 bits per heavy atom. The second kappa shape index (κ2) is 8.82. The topological polar surface area (TPSA) is 75.6 Å². The van der Waals surface area contributed by atoms with E-state index in [4.69, 9.17) is 9.84 Å². The molecular formula is C19H20FNO4. The number of amides is 1. The highest BCUT2D eigenvalue weighted by molar-refractivity contribution is 5.78. The quantitative estimate of drug-likeness (QED) is 0.771. The van der Waals surface area contributed by atoms with Crippen LogP contribution in [0, 0.1) is 5.82 Å². The summed E-state index contributed by atoms with van der Waals surface area (Å²) >= 11 is 0. The first-order chi connectivity index (χ1) is 12.0. The monoisotopic (exact) mass is 345 g/mol. The van der Waals surface area contributed by atoms with Crippen LogP contribution in [0.25, 0.3) is 0 Å². The fourth-order valence-electron chi connectivity index (χ4n) is 2.48. The van der Waals surface area contributed by atoms with Gasteiger partial charge in [-0.3, -0.25) is 9.59 Å². The fourth-order valence-corrected chi connectivity index (χ4v) is 2.48. The van der Waals surface area contributed by atoms with Gasteiger partial charge >= 0.3 is 5.97 Å². The van der Waals surface area contributed by atoms with E-state index in [1.54, 1.807) is 42.5 Å². The lowest BCUT2D eigenvalue weighted by molar-refractivity contribution is -0.137. The van der Waals surface area contributed by atoms with Crippen LogP contribution in [0.2, 0.25) is 0 Å². The average Bonchev–Trinajstić information content (AvgIpc) is 2.60. The van der Waals surface area contributed by atoms with Gasteiger partial charge in [0.15, 0.2) is 0 Å². The molecule has 2 aromatic carbocycles. The van der Waals surface area contributed by atoms with Crippen LogP contribution in [-0.4, -0.2) is 24.1 Å². The van der Waals surface area contributed by atoms with E-state index in [2.05, 4.69) is 5.32 Å². The third-order valence-electron chi connectivity index (χ3n) is 3.81. The summed E-state index contributed by atoms with van der Waals surface area (Å²) < 4.78 is 18.7. The summed E-state index contributed by atoms with van der Waals surface area (Å²) in [5.74, 6) is -1.06. The van der Waals surface area contributed by atoms with Gasteiger partial charge in [0.25, 0.3) is 0 Å². The number of nitrogens with one attached hydrogen (secondary N) is 1. The van der Waals surface area contributed by atoms with E-state index in [1.807, 2.05) is 0 Å². The SMILES string of the molecule is COc1ccc(C(CC(=O)O)NC(=O)CCc2ccccc2F)cc1. The summed E-state index contributed by atoms with van der Waals surface area (Å²) in [5.41, 5.74) is 1.12. The minimum atomic E-state index is -1.02. The van der Waals surface area contributed by atoms with Gasteiger partial charge in [0, 0.05) is 6.42 Å². The van der Waals surface area contributed by atoms with Gasteiger partial charge in [0.1, 0.15) is 11.6 Å².